The molecule has 0 fully saturated rings. The number of rotatable bonds is 1. The van der Waals surface area contributed by atoms with Gasteiger partial charge in [-0.2, -0.15) is 5.11 Å². The van der Waals surface area contributed by atoms with Gasteiger partial charge in [0.25, 0.3) is 0 Å². The first kappa shape index (κ1) is 29.4. The minimum Gasteiger partial charge on any atom is -0.230 e. The van der Waals surface area contributed by atoms with Crippen LogP contribution in [0.25, 0.3) is 0 Å². The smallest absolute Gasteiger partial charge is 0.138 e. The maximum atomic E-state index is 3.88. The van der Waals surface area contributed by atoms with Crippen LogP contribution < -0.4 is 0 Å². The van der Waals surface area contributed by atoms with Crippen LogP contribution in [0.5, 0.6) is 0 Å². The van der Waals surface area contributed by atoms with E-state index in [9.17, 15) is 0 Å². The molecule has 2 heterocycles. The number of hydrogen-bond acceptors (Lipinski definition) is 6. The van der Waals surface area contributed by atoms with Crippen molar-refractivity contribution < 1.29 is 0 Å². The van der Waals surface area contributed by atoms with Crippen molar-refractivity contribution in [3.63, 3.8) is 0 Å². The van der Waals surface area contributed by atoms with Crippen LogP contribution in [-0.4, -0.2) is 32.5 Å². The summed E-state index contributed by atoms with van der Waals surface area (Å²) in [4.78, 5) is 0. The highest BCUT2D eigenvalue weighted by atomic mass is 15.5. The largest absolute Gasteiger partial charge is 0.230 e. The molecule has 0 spiro atoms. The van der Waals surface area contributed by atoms with Gasteiger partial charge in [-0.1, -0.05) is 63.3 Å². The zero-order valence-electron chi connectivity index (χ0n) is 15.0. The average Bonchev–Trinajstić information content (AvgIpc) is 3.17. The van der Waals surface area contributed by atoms with Crippen molar-refractivity contribution in [2.24, 2.45) is 20.9 Å². The summed E-state index contributed by atoms with van der Waals surface area (Å²) >= 11 is 0. The molecular formula is C16H39N7. The average molecular weight is 330 g/mol. The lowest BCUT2D eigenvalue weighted by Gasteiger charge is -2.15. The van der Waals surface area contributed by atoms with Gasteiger partial charge in [-0.25, -0.2) is 4.68 Å². The molecule has 0 unspecified atom stereocenters. The van der Waals surface area contributed by atoms with Gasteiger partial charge in [0.15, 0.2) is 0 Å². The maximum Gasteiger partial charge on any atom is 0.138 e. The lowest BCUT2D eigenvalue weighted by Crippen LogP contribution is -2.20. The molecule has 0 N–H and O–H groups in total. The van der Waals surface area contributed by atoms with Gasteiger partial charge in [0.1, 0.15) is 12.9 Å². The molecule has 1 aliphatic rings. The summed E-state index contributed by atoms with van der Waals surface area (Å²) in [5.74, 6) is 0. The lowest BCUT2D eigenvalue weighted by molar-refractivity contribution is 0.514. The molecule has 0 aromatic carbocycles. The van der Waals surface area contributed by atoms with E-state index in [1.165, 1.54) is 0 Å². The Bertz CT molecular complexity index is 387. The van der Waals surface area contributed by atoms with Crippen LogP contribution in [0.2, 0.25) is 0 Å². The molecule has 0 bridgehead atoms. The van der Waals surface area contributed by atoms with E-state index in [-0.39, 0.29) is 20.3 Å². The quantitative estimate of drug-likeness (QED) is 0.688. The third-order valence-electron chi connectivity index (χ3n) is 2.21. The van der Waals surface area contributed by atoms with Crippen molar-refractivity contribution in [1.82, 2.24) is 20.2 Å². The van der Waals surface area contributed by atoms with Crippen molar-refractivity contribution in [2.45, 2.75) is 83.2 Å². The standard InChI is InChI=1S/C6H11N3.C4H8N4.2C2H6.2CH4/c1-6(2,3)5-4-7-9-8-5;1-4(2)8-3-5-6-7-8;2*1-2;;/h4H2,1-3H3;3-4H,1-2H3;2*1-2H3;2*1H4. The molecule has 0 saturated heterocycles. The SMILES string of the molecule is C.C.CC.CC.CC(C)(C)C1=NN=NC1.CC(C)n1cnnn1. The monoisotopic (exact) mass is 329 g/mol. The second-order valence-corrected chi connectivity index (χ2v) is 5.07. The first-order valence-corrected chi connectivity index (χ1v) is 7.57. The van der Waals surface area contributed by atoms with E-state index < -0.39 is 0 Å². The minimum atomic E-state index is 0. The minimum absolute atomic E-state index is 0. The Hall–Kier alpha value is -1.66. The summed E-state index contributed by atoms with van der Waals surface area (Å²) in [5, 5.41) is 21.8. The molecular weight excluding hydrogens is 290 g/mol. The highest BCUT2D eigenvalue weighted by Gasteiger charge is 2.20. The third-order valence-corrected chi connectivity index (χ3v) is 2.21. The van der Waals surface area contributed by atoms with Gasteiger partial charge < -0.3 is 0 Å². The fourth-order valence-electron chi connectivity index (χ4n) is 1.01. The van der Waals surface area contributed by atoms with E-state index in [2.05, 4.69) is 51.7 Å². The number of nitrogens with zero attached hydrogens (tertiary/aromatic N) is 7. The predicted molar refractivity (Wildman–Crippen MR) is 101 cm³/mol. The Labute approximate surface area is 143 Å². The first-order chi connectivity index (χ1) is 9.91. The molecule has 0 aliphatic carbocycles. The molecule has 2 rings (SSSR count). The second-order valence-electron chi connectivity index (χ2n) is 5.07. The Morgan fingerprint density at radius 1 is 1.04 bits per heavy atom. The van der Waals surface area contributed by atoms with Gasteiger partial charge >= 0.3 is 0 Å². The van der Waals surface area contributed by atoms with Gasteiger partial charge in [0.2, 0.25) is 0 Å². The topological polar surface area (TPSA) is 80.7 Å². The normalized spacial score (nSPS) is 11.3. The predicted octanol–water partition coefficient (Wildman–Crippen LogP) is 5.43. The molecule has 0 amide bonds. The van der Waals surface area contributed by atoms with Gasteiger partial charge in [0.05, 0.1) is 5.71 Å². The van der Waals surface area contributed by atoms with Crippen molar-refractivity contribution >= 4 is 5.71 Å². The Morgan fingerprint density at radius 3 is 1.74 bits per heavy atom. The summed E-state index contributed by atoms with van der Waals surface area (Å²) in [6.45, 7) is 19.1. The summed E-state index contributed by atoms with van der Waals surface area (Å²) in [6.07, 6.45) is 1.60. The van der Waals surface area contributed by atoms with E-state index in [0.29, 0.717) is 12.6 Å². The highest BCUT2D eigenvalue weighted by Crippen LogP contribution is 2.18. The summed E-state index contributed by atoms with van der Waals surface area (Å²) in [6, 6.07) is 0.366. The van der Waals surface area contributed by atoms with Gasteiger partial charge in [-0.15, -0.1) is 10.2 Å². The van der Waals surface area contributed by atoms with Gasteiger partial charge in [-0.05, 0) is 29.5 Å². The molecule has 0 radical (unpaired) electrons. The van der Waals surface area contributed by atoms with Crippen LogP contribution in [0.4, 0.5) is 0 Å². The second kappa shape index (κ2) is 16.7. The molecule has 138 valence electrons. The van der Waals surface area contributed by atoms with Crippen LogP contribution in [0, 0.1) is 5.41 Å². The summed E-state index contributed by atoms with van der Waals surface area (Å²) in [5.41, 5.74) is 1.21. The number of hydrogen-bond donors (Lipinski definition) is 0. The van der Waals surface area contributed by atoms with Crippen LogP contribution in [0.3, 0.4) is 0 Å². The van der Waals surface area contributed by atoms with Crippen LogP contribution in [-0.2, 0) is 0 Å². The zero-order valence-corrected chi connectivity index (χ0v) is 15.0. The molecule has 7 nitrogen and oxygen atoms in total. The molecule has 23 heavy (non-hydrogen) atoms. The summed E-state index contributed by atoms with van der Waals surface area (Å²) in [7, 11) is 0. The van der Waals surface area contributed by atoms with Crippen LogP contribution in [0.1, 0.15) is 83.2 Å². The van der Waals surface area contributed by atoms with Crippen molar-refractivity contribution in [3.05, 3.63) is 6.33 Å². The molecule has 7 heteroatoms. The van der Waals surface area contributed by atoms with Crippen molar-refractivity contribution in [2.75, 3.05) is 6.54 Å². The Balaban J connectivity index is -0.000000121. The van der Waals surface area contributed by atoms with Gasteiger partial charge in [0, 0.05) is 11.5 Å². The fourth-order valence-corrected chi connectivity index (χ4v) is 1.01. The highest BCUT2D eigenvalue weighted by molar-refractivity contribution is 5.91. The van der Waals surface area contributed by atoms with E-state index >= 15 is 0 Å². The number of tetrazole rings is 1. The van der Waals surface area contributed by atoms with E-state index in [0.717, 1.165) is 5.71 Å². The zero-order chi connectivity index (χ0) is 16.9. The molecule has 1 aromatic rings. The van der Waals surface area contributed by atoms with Crippen molar-refractivity contribution in [1.29, 1.82) is 0 Å². The molecule has 1 aliphatic heterocycles. The summed E-state index contributed by atoms with van der Waals surface area (Å²) < 4.78 is 1.69. The fraction of sp³-hybridized carbons (Fsp3) is 0.875. The van der Waals surface area contributed by atoms with E-state index in [4.69, 9.17) is 0 Å². The first-order valence-electron chi connectivity index (χ1n) is 7.57. The van der Waals surface area contributed by atoms with E-state index in [1.54, 1.807) is 11.0 Å². The van der Waals surface area contributed by atoms with Crippen LogP contribution >= 0.6 is 0 Å². The van der Waals surface area contributed by atoms with Crippen molar-refractivity contribution in [3.8, 4) is 0 Å². The number of aromatic nitrogens is 4. The molecule has 0 atom stereocenters. The lowest BCUT2D eigenvalue weighted by atomic mass is 9.90. The molecule has 1 aromatic heterocycles. The van der Waals surface area contributed by atoms with E-state index in [1.807, 2.05) is 41.5 Å². The van der Waals surface area contributed by atoms with Gasteiger partial charge in [-0.3, -0.25) is 0 Å². The Morgan fingerprint density at radius 2 is 1.57 bits per heavy atom. The van der Waals surface area contributed by atoms with Crippen LogP contribution in [0.15, 0.2) is 21.8 Å². The third kappa shape index (κ3) is 13.7. The maximum absolute atomic E-state index is 3.88. The molecule has 0 saturated carbocycles. The Kier molecular flexibility index (Phi) is 21.3.